The van der Waals surface area contributed by atoms with Gasteiger partial charge < -0.3 is 19.3 Å². The number of carbonyl (C=O) groups excluding carboxylic acids is 2. The average Bonchev–Trinajstić information content (AvgIpc) is 3.52. The smallest absolute Gasteiger partial charge is 0.232 e. The number of rotatable bonds is 10. The highest BCUT2D eigenvalue weighted by Gasteiger charge is 2.36. The number of ether oxygens (including phenoxy) is 2. The molecule has 1 aliphatic heterocycles. The van der Waals surface area contributed by atoms with E-state index in [0.717, 1.165) is 40.9 Å². The Balaban J connectivity index is 1.52. The van der Waals surface area contributed by atoms with Crippen LogP contribution >= 0.6 is 11.6 Å². The van der Waals surface area contributed by atoms with Crippen LogP contribution in [0.1, 0.15) is 94.1 Å². The van der Waals surface area contributed by atoms with Gasteiger partial charge >= 0.3 is 0 Å². The molecule has 0 radical (unpaired) electrons. The van der Waals surface area contributed by atoms with Gasteiger partial charge in [0.25, 0.3) is 0 Å². The second-order valence-corrected chi connectivity index (χ2v) is 12.5. The van der Waals surface area contributed by atoms with Crippen molar-refractivity contribution < 1.29 is 19.1 Å². The highest BCUT2D eigenvalue weighted by molar-refractivity contribution is 6.30. The lowest BCUT2D eigenvalue weighted by atomic mass is 9.86. The lowest BCUT2D eigenvalue weighted by molar-refractivity contribution is -0.131. The van der Waals surface area contributed by atoms with Crippen LogP contribution < -0.4 is 14.4 Å². The van der Waals surface area contributed by atoms with Crippen molar-refractivity contribution in [2.75, 3.05) is 18.6 Å². The Kier molecular flexibility index (Phi) is 9.65. The summed E-state index contributed by atoms with van der Waals surface area (Å²) in [5, 5.41) is 0.638. The number of amides is 2. The van der Waals surface area contributed by atoms with E-state index in [2.05, 4.69) is 26.0 Å². The van der Waals surface area contributed by atoms with Gasteiger partial charge in [-0.25, -0.2) is 0 Å². The van der Waals surface area contributed by atoms with Crippen LogP contribution in [0.25, 0.3) is 0 Å². The van der Waals surface area contributed by atoms with E-state index in [9.17, 15) is 9.59 Å². The first-order valence-electron chi connectivity index (χ1n) is 15.5. The summed E-state index contributed by atoms with van der Waals surface area (Å²) in [6, 6.07) is 19.3. The molecule has 0 aromatic heterocycles. The molecule has 2 aliphatic rings. The molecule has 3 unspecified atom stereocenters. The SMILES string of the molecule is CCC(C)Oc1cc2c(cc1OC)CC(=O)N(c1ccc(C(C)N(CC3CCCC3)C(C)=O)cc1)C2c1ccc(Cl)cc1. The van der Waals surface area contributed by atoms with Crippen molar-refractivity contribution in [2.24, 2.45) is 5.92 Å². The van der Waals surface area contributed by atoms with E-state index in [1.54, 1.807) is 14.0 Å². The Bertz CT molecular complexity index is 1430. The minimum Gasteiger partial charge on any atom is -0.493 e. The first-order chi connectivity index (χ1) is 20.7. The predicted octanol–water partition coefficient (Wildman–Crippen LogP) is 8.30. The van der Waals surface area contributed by atoms with E-state index in [1.807, 2.05) is 65.3 Å². The number of halogens is 1. The Morgan fingerprint density at radius 3 is 2.30 bits per heavy atom. The molecule has 5 rings (SSSR count). The van der Waals surface area contributed by atoms with Crippen LogP contribution in [0.5, 0.6) is 11.5 Å². The van der Waals surface area contributed by atoms with E-state index in [-0.39, 0.29) is 36.4 Å². The van der Waals surface area contributed by atoms with Gasteiger partial charge in [-0.2, -0.15) is 0 Å². The summed E-state index contributed by atoms with van der Waals surface area (Å²) in [5.41, 5.74) is 4.73. The van der Waals surface area contributed by atoms with Crippen LogP contribution in [0.2, 0.25) is 5.02 Å². The normalized spacial score (nSPS) is 18.2. The maximum atomic E-state index is 13.9. The Morgan fingerprint density at radius 1 is 1.02 bits per heavy atom. The molecule has 3 atom stereocenters. The molecule has 228 valence electrons. The van der Waals surface area contributed by atoms with E-state index in [1.165, 1.54) is 25.7 Å². The quantitative estimate of drug-likeness (QED) is 0.234. The lowest BCUT2D eigenvalue weighted by Gasteiger charge is -2.38. The molecule has 0 N–H and O–H groups in total. The van der Waals surface area contributed by atoms with Gasteiger partial charge in [0.1, 0.15) is 0 Å². The Labute approximate surface area is 260 Å². The fourth-order valence-electron chi connectivity index (χ4n) is 6.50. The van der Waals surface area contributed by atoms with E-state index < -0.39 is 0 Å². The van der Waals surface area contributed by atoms with Gasteiger partial charge in [-0.15, -0.1) is 0 Å². The van der Waals surface area contributed by atoms with Crippen LogP contribution in [0, 0.1) is 5.92 Å². The number of anilines is 1. The number of methoxy groups -OCH3 is 1. The van der Waals surface area contributed by atoms with Crippen molar-refractivity contribution in [2.45, 2.75) is 84.4 Å². The average molecular weight is 603 g/mol. The van der Waals surface area contributed by atoms with Crippen molar-refractivity contribution in [3.05, 3.63) is 87.9 Å². The highest BCUT2D eigenvalue weighted by atomic mass is 35.5. The van der Waals surface area contributed by atoms with Crippen molar-refractivity contribution in [3.8, 4) is 11.5 Å². The summed E-state index contributed by atoms with van der Waals surface area (Å²) < 4.78 is 12.0. The monoisotopic (exact) mass is 602 g/mol. The van der Waals surface area contributed by atoms with Crippen LogP contribution in [0.3, 0.4) is 0 Å². The van der Waals surface area contributed by atoms with Crippen LogP contribution in [-0.4, -0.2) is 36.5 Å². The molecule has 1 fully saturated rings. The third-order valence-corrected chi connectivity index (χ3v) is 9.38. The molecule has 2 amide bonds. The van der Waals surface area contributed by atoms with Gasteiger partial charge in [0.05, 0.1) is 31.7 Å². The summed E-state index contributed by atoms with van der Waals surface area (Å²) in [6.07, 6.45) is 6.00. The minimum absolute atomic E-state index is 0.00232. The van der Waals surface area contributed by atoms with Crippen molar-refractivity contribution in [1.82, 2.24) is 4.90 Å². The van der Waals surface area contributed by atoms with Crippen LogP contribution in [0.4, 0.5) is 5.69 Å². The zero-order chi connectivity index (χ0) is 30.7. The summed E-state index contributed by atoms with van der Waals surface area (Å²) in [4.78, 5) is 30.4. The lowest BCUT2D eigenvalue weighted by Crippen LogP contribution is -2.41. The van der Waals surface area contributed by atoms with Crippen molar-refractivity contribution in [3.63, 3.8) is 0 Å². The molecular formula is C36H43ClN2O4. The molecule has 1 heterocycles. The number of benzene rings is 3. The second-order valence-electron chi connectivity index (χ2n) is 12.0. The van der Waals surface area contributed by atoms with Gasteiger partial charge in [-0.05, 0) is 97.7 Å². The molecule has 3 aromatic rings. The molecule has 0 saturated heterocycles. The summed E-state index contributed by atoms with van der Waals surface area (Å²) in [6.45, 7) is 8.67. The van der Waals surface area contributed by atoms with Gasteiger partial charge in [0.15, 0.2) is 11.5 Å². The maximum Gasteiger partial charge on any atom is 0.232 e. The first-order valence-corrected chi connectivity index (χ1v) is 15.9. The van der Waals surface area contributed by atoms with E-state index in [0.29, 0.717) is 22.4 Å². The summed E-state index contributed by atoms with van der Waals surface area (Å²) in [5.74, 6) is 1.96. The fraction of sp³-hybridized carbons (Fsp3) is 0.444. The van der Waals surface area contributed by atoms with Crippen molar-refractivity contribution >= 4 is 29.1 Å². The zero-order valence-electron chi connectivity index (χ0n) is 25.9. The maximum absolute atomic E-state index is 13.9. The van der Waals surface area contributed by atoms with E-state index >= 15 is 0 Å². The molecule has 43 heavy (non-hydrogen) atoms. The Hall–Kier alpha value is -3.51. The molecule has 3 aromatic carbocycles. The largest absolute Gasteiger partial charge is 0.493 e. The zero-order valence-corrected chi connectivity index (χ0v) is 26.7. The third-order valence-electron chi connectivity index (χ3n) is 9.13. The predicted molar refractivity (Wildman–Crippen MR) is 172 cm³/mol. The van der Waals surface area contributed by atoms with E-state index in [4.69, 9.17) is 21.1 Å². The van der Waals surface area contributed by atoms with Gasteiger partial charge in [0.2, 0.25) is 11.8 Å². The number of fused-ring (bicyclic) bond motifs is 1. The highest BCUT2D eigenvalue weighted by Crippen LogP contribution is 2.44. The molecule has 1 aliphatic carbocycles. The number of hydrogen-bond acceptors (Lipinski definition) is 4. The fourth-order valence-corrected chi connectivity index (χ4v) is 6.62. The van der Waals surface area contributed by atoms with Crippen LogP contribution in [-0.2, 0) is 16.0 Å². The van der Waals surface area contributed by atoms with Gasteiger partial charge in [-0.3, -0.25) is 9.59 Å². The Morgan fingerprint density at radius 2 is 1.70 bits per heavy atom. The molecule has 0 spiro atoms. The first kappa shape index (κ1) is 30.9. The number of carbonyl (C=O) groups is 2. The van der Waals surface area contributed by atoms with Gasteiger partial charge in [-0.1, -0.05) is 55.6 Å². The molecule has 1 saturated carbocycles. The molecule has 0 bridgehead atoms. The molecular weight excluding hydrogens is 560 g/mol. The second kappa shape index (κ2) is 13.4. The minimum atomic E-state index is -0.377. The standard InChI is InChI=1S/C36H43ClN2O4/c1-6-23(2)43-34-21-32-29(19-33(34)42-5)20-35(41)39(36(32)28-11-15-30(37)16-12-28)31-17-13-27(14-18-31)24(3)38(25(4)40)22-26-9-7-8-10-26/h11-19,21,23-24,26,36H,6-10,20,22H2,1-5H3. The summed E-state index contributed by atoms with van der Waals surface area (Å²) in [7, 11) is 1.63. The van der Waals surface area contributed by atoms with Crippen molar-refractivity contribution in [1.29, 1.82) is 0 Å². The summed E-state index contributed by atoms with van der Waals surface area (Å²) >= 11 is 6.27. The van der Waals surface area contributed by atoms with Crippen LogP contribution in [0.15, 0.2) is 60.7 Å². The molecule has 7 heteroatoms. The topological polar surface area (TPSA) is 59.1 Å². The molecule has 6 nitrogen and oxygen atoms in total. The van der Waals surface area contributed by atoms with Gasteiger partial charge in [0, 0.05) is 24.2 Å². The number of nitrogens with zero attached hydrogens (tertiary/aromatic N) is 2. The number of hydrogen-bond donors (Lipinski definition) is 0. The third kappa shape index (κ3) is 6.70.